The standard InChI is InChI=1S/C30H33IN2O8/c1-2-39-15-7-13-33(29(37)21-16-19-8-3-5-10-24(19)41-30(21)38)23-17-20(28(36)32-12-14-34)18-26(27(23)35)40-25-11-6-4-9-22(25)31/h3-6,8-11,16,18,23,26-27,34-35H,2,7,12-15,17H2,1H3,(H,32,36). The third-order valence-corrected chi connectivity index (χ3v) is 7.63. The molecule has 41 heavy (non-hydrogen) atoms. The molecule has 1 aliphatic carbocycles. The molecule has 3 aromatic rings. The topological polar surface area (TPSA) is 139 Å². The van der Waals surface area contributed by atoms with Gasteiger partial charge in [-0.05, 0) is 66.3 Å². The van der Waals surface area contributed by atoms with Crippen LogP contribution in [0.1, 0.15) is 30.1 Å². The SMILES string of the molecule is CCOCCCN(C(=O)c1cc2ccccc2oc1=O)C1CC(C(=O)NCCO)=CC(Oc2ccccc2I)C1O. The van der Waals surface area contributed by atoms with Crippen molar-refractivity contribution < 1.29 is 33.7 Å². The Bertz CT molecular complexity index is 1460. The van der Waals surface area contributed by atoms with E-state index in [9.17, 15) is 24.6 Å². The summed E-state index contributed by atoms with van der Waals surface area (Å²) in [6, 6.07) is 14.7. The van der Waals surface area contributed by atoms with Gasteiger partial charge >= 0.3 is 5.63 Å². The second kappa shape index (κ2) is 14.6. The van der Waals surface area contributed by atoms with Gasteiger partial charge < -0.3 is 34.3 Å². The van der Waals surface area contributed by atoms with E-state index in [1.54, 1.807) is 42.5 Å². The lowest BCUT2D eigenvalue weighted by Gasteiger charge is -2.40. The molecule has 2 aromatic carbocycles. The number of aliphatic hydroxyl groups excluding tert-OH is 2. The molecule has 3 N–H and O–H groups in total. The highest BCUT2D eigenvalue weighted by Crippen LogP contribution is 2.30. The van der Waals surface area contributed by atoms with Crippen LogP contribution in [0.4, 0.5) is 0 Å². The molecule has 3 atom stereocenters. The number of fused-ring (bicyclic) bond motifs is 1. The Kier molecular flexibility index (Phi) is 10.9. The Morgan fingerprint density at radius 1 is 1.17 bits per heavy atom. The molecular weight excluding hydrogens is 643 g/mol. The number of carbonyl (C=O) groups excluding carboxylic acids is 2. The highest BCUT2D eigenvalue weighted by atomic mass is 127. The normalized spacial score (nSPS) is 18.5. The summed E-state index contributed by atoms with van der Waals surface area (Å²) < 4.78 is 17.9. The molecule has 10 nitrogen and oxygen atoms in total. The number of halogens is 1. The zero-order valence-electron chi connectivity index (χ0n) is 22.6. The van der Waals surface area contributed by atoms with E-state index in [-0.39, 0.29) is 37.3 Å². The van der Waals surface area contributed by atoms with E-state index in [1.165, 1.54) is 11.0 Å². The number of nitrogens with one attached hydrogen (secondary N) is 1. The summed E-state index contributed by atoms with van der Waals surface area (Å²) in [4.78, 5) is 41.4. The monoisotopic (exact) mass is 676 g/mol. The Balaban J connectivity index is 1.72. The van der Waals surface area contributed by atoms with E-state index in [1.807, 2.05) is 19.1 Å². The van der Waals surface area contributed by atoms with Gasteiger partial charge in [0.05, 0.1) is 16.2 Å². The number of hydrogen-bond donors (Lipinski definition) is 3. The molecule has 0 spiro atoms. The molecule has 0 saturated carbocycles. The number of amides is 2. The fraction of sp³-hybridized carbons (Fsp3) is 0.367. The number of para-hydroxylation sites is 2. The molecule has 11 heteroatoms. The van der Waals surface area contributed by atoms with E-state index >= 15 is 0 Å². The third kappa shape index (κ3) is 7.53. The lowest BCUT2D eigenvalue weighted by molar-refractivity contribution is -0.118. The fourth-order valence-corrected chi connectivity index (χ4v) is 5.25. The van der Waals surface area contributed by atoms with Crippen molar-refractivity contribution in [2.75, 3.05) is 32.9 Å². The Morgan fingerprint density at radius 3 is 2.68 bits per heavy atom. The lowest BCUT2D eigenvalue weighted by Crippen LogP contribution is -2.56. The highest BCUT2D eigenvalue weighted by Gasteiger charge is 2.41. The van der Waals surface area contributed by atoms with Crippen LogP contribution in [-0.4, -0.2) is 78.1 Å². The maximum atomic E-state index is 14.0. The molecule has 1 aliphatic rings. The maximum absolute atomic E-state index is 14.0. The van der Waals surface area contributed by atoms with Gasteiger partial charge in [-0.2, -0.15) is 0 Å². The van der Waals surface area contributed by atoms with Crippen LogP contribution < -0.4 is 15.7 Å². The van der Waals surface area contributed by atoms with Gasteiger partial charge in [0.25, 0.3) is 5.91 Å². The molecule has 0 aliphatic heterocycles. The average Bonchev–Trinajstić information content (AvgIpc) is 2.97. The molecule has 0 radical (unpaired) electrons. The summed E-state index contributed by atoms with van der Waals surface area (Å²) in [6.45, 7) is 2.67. The third-order valence-electron chi connectivity index (χ3n) is 6.74. The lowest BCUT2D eigenvalue weighted by atomic mass is 9.87. The average molecular weight is 677 g/mol. The molecule has 1 aromatic heterocycles. The predicted octanol–water partition coefficient (Wildman–Crippen LogP) is 2.88. The number of ether oxygens (including phenoxy) is 2. The van der Waals surface area contributed by atoms with Crippen LogP contribution in [0.25, 0.3) is 11.0 Å². The van der Waals surface area contributed by atoms with Gasteiger partial charge in [0, 0.05) is 43.7 Å². The Hall–Kier alpha value is -3.26. The van der Waals surface area contributed by atoms with Crippen molar-refractivity contribution in [1.82, 2.24) is 10.2 Å². The number of nitrogens with zero attached hydrogens (tertiary/aromatic N) is 1. The molecule has 0 saturated heterocycles. The van der Waals surface area contributed by atoms with Gasteiger partial charge in [0.1, 0.15) is 29.1 Å². The van der Waals surface area contributed by atoms with E-state index in [2.05, 4.69) is 27.9 Å². The summed E-state index contributed by atoms with van der Waals surface area (Å²) in [7, 11) is 0. The first-order chi connectivity index (χ1) is 19.8. The summed E-state index contributed by atoms with van der Waals surface area (Å²) >= 11 is 2.12. The van der Waals surface area contributed by atoms with Crippen LogP contribution in [0.15, 0.2) is 75.5 Å². The van der Waals surface area contributed by atoms with Crippen molar-refractivity contribution in [1.29, 1.82) is 0 Å². The Morgan fingerprint density at radius 2 is 1.93 bits per heavy atom. The molecule has 218 valence electrons. The minimum absolute atomic E-state index is 0.00343. The first-order valence-electron chi connectivity index (χ1n) is 13.4. The molecular formula is C30H33IN2O8. The smallest absolute Gasteiger partial charge is 0.349 e. The van der Waals surface area contributed by atoms with E-state index in [0.717, 1.165) is 3.57 Å². The maximum Gasteiger partial charge on any atom is 0.349 e. The first-order valence-corrected chi connectivity index (χ1v) is 14.5. The van der Waals surface area contributed by atoms with Gasteiger partial charge in [-0.15, -0.1) is 0 Å². The van der Waals surface area contributed by atoms with Crippen LogP contribution in [0.5, 0.6) is 5.75 Å². The zero-order chi connectivity index (χ0) is 29.4. The summed E-state index contributed by atoms with van der Waals surface area (Å²) in [5.74, 6) is -0.567. The molecule has 4 rings (SSSR count). The van der Waals surface area contributed by atoms with Gasteiger partial charge in [-0.3, -0.25) is 9.59 Å². The minimum Gasteiger partial charge on any atom is -0.482 e. The molecule has 0 bridgehead atoms. The molecule has 3 unspecified atom stereocenters. The van der Waals surface area contributed by atoms with Gasteiger partial charge in [-0.1, -0.05) is 30.3 Å². The van der Waals surface area contributed by atoms with Crippen molar-refractivity contribution >= 4 is 45.4 Å². The predicted molar refractivity (Wildman–Crippen MR) is 161 cm³/mol. The van der Waals surface area contributed by atoms with Gasteiger partial charge in [-0.25, -0.2) is 4.79 Å². The van der Waals surface area contributed by atoms with E-state index < -0.39 is 35.7 Å². The van der Waals surface area contributed by atoms with Crippen molar-refractivity contribution in [3.8, 4) is 5.75 Å². The van der Waals surface area contributed by atoms with Crippen molar-refractivity contribution in [3.05, 3.63) is 85.8 Å². The number of carbonyl (C=O) groups is 2. The summed E-state index contributed by atoms with van der Waals surface area (Å²) in [5.41, 5.74) is -0.329. The van der Waals surface area contributed by atoms with Crippen LogP contribution in [0, 0.1) is 3.57 Å². The van der Waals surface area contributed by atoms with Crippen LogP contribution >= 0.6 is 22.6 Å². The second-order valence-corrected chi connectivity index (χ2v) is 10.6. The molecule has 0 fully saturated rings. The zero-order valence-corrected chi connectivity index (χ0v) is 24.8. The number of aliphatic hydroxyl groups is 2. The van der Waals surface area contributed by atoms with Crippen LogP contribution in [-0.2, 0) is 9.53 Å². The van der Waals surface area contributed by atoms with Crippen LogP contribution in [0.2, 0.25) is 0 Å². The van der Waals surface area contributed by atoms with E-state index in [4.69, 9.17) is 13.9 Å². The van der Waals surface area contributed by atoms with Gasteiger partial charge in [0.15, 0.2) is 0 Å². The van der Waals surface area contributed by atoms with Crippen molar-refractivity contribution in [2.24, 2.45) is 0 Å². The fourth-order valence-electron chi connectivity index (χ4n) is 4.73. The molecule has 2 amide bonds. The number of rotatable bonds is 12. The highest BCUT2D eigenvalue weighted by molar-refractivity contribution is 14.1. The number of benzene rings is 2. The van der Waals surface area contributed by atoms with Crippen molar-refractivity contribution in [2.45, 2.75) is 38.0 Å². The first kappa shape index (κ1) is 30.7. The number of hydrogen-bond acceptors (Lipinski definition) is 8. The van der Waals surface area contributed by atoms with Crippen molar-refractivity contribution in [3.63, 3.8) is 0 Å². The summed E-state index contributed by atoms with van der Waals surface area (Å²) in [5, 5.41) is 24.0. The molecule has 1 heterocycles. The van der Waals surface area contributed by atoms with Crippen LogP contribution in [0.3, 0.4) is 0 Å². The summed E-state index contributed by atoms with van der Waals surface area (Å²) in [6.07, 6.45) is -0.230. The second-order valence-electron chi connectivity index (χ2n) is 9.48. The largest absolute Gasteiger partial charge is 0.482 e. The Labute approximate surface area is 251 Å². The quantitative estimate of drug-likeness (QED) is 0.151. The van der Waals surface area contributed by atoms with Gasteiger partial charge in [0.2, 0.25) is 5.91 Å². The minimum atomic E-state index is -1.23. The van der Waals surface area contributed by atoms with E-state index in [0.29, 0.717) is 36.4 Å².